The first-order chi connectivity index (χ1) is 6.22. The van der Waals surface area contributed by atoms with E-state index < -0.39 is 0 Å². The topological polar surface area (TPSA) is 29.5 Å². The van der Waals surface area contributed by atoms with E-state index in [9.17, 15) is 4.79 Å². The SMILES string of the molecule is CC.CCOCCN(CC)C(C)=O. The predicted octanol–water partition coefficient (Wildman–Crippen LogP) is 1.92. The van der Waals surface area contributed by atoms with Crippen LogP contribution in [-0.4, -0.2) is 37.1 Å². The molecule has 80 valence electrons. The van der Waals surface area contributed by atoms with Gasteiger partial charge in [-0.3, -0.25) is 4.79 Å². The van der Waals surface area contributed by atoms with Gasteiger partial charge in [0.05, 0.1) is 6.61 Å². The first kappa shape index (κ1) is 14.9. The number of amides is 1. The third-order valence-electron chi connectivity index (χ3n) is 1.54. The Balaban J connectivity index is 0. The summed E-state index contributed by atoms with van der Waals surface area (Å²) in [5.41, 5.74) is 0. The molecule has 0 aromatic carbocycles. The second-order valence-electron chi connectivity index (χ2n) is 2.30. The Hall–Kier alpha value is -0.570. The molecule has 0 fully saturated rings. The highest BCUT2D eigenvalue weighted by molar-refractivity contribution is 5.73. The Labute approximate surface area is 82.1 Å². The van der Waals surface area contributed by atoms with Crippen LogP contribution in [0.5, 0.6) is 0 Å². The molecule has 3 heteroatoms. The highest BCUT2D eigenvalue weighted by atomic mass is 16.5. The number of hydrogen-bond donors (Lipinski definition) is 0. The van der Waals surface area contributed by atoms with Crippen LogP contribution in [0, 0.1) is 0 Å². The summed E-state index contributed by atoms with van der Waals surface area (Å²) in [6.07, 6.45) is 0. The van der Waals surface area contributed by atoms with Gasteiger partial charge in [-0.1, -0.05) is 13.8 Å². The van der Waals surface area contributed by atoms with E-state index in [1.807, 2.05) is 27.7 Å². The first-order valence-corrected chi connectivity index (χ1v) is 5.05. The molecule has 0 rings (SSSR count). The summed E-state index contributed by atoms with van der Waals surface area (Å²) < 4.78 is 5.12. The van der Waals surface area contributed by atoms with Crippen LogP contribution < -0.4 is 0 Å². The quantitative estimate of drug-likeness (QED) is 0.618. The van der Waals surface area contributed by atoms with Crippen LogP contribution in [0.15, 0.2) is 0 Å². The second-order valence-corrected chi connectivity index (χ2v) is 2.30. The Morgan fingerprint density at radius 1 is 1.31 bits per heavy atom. The average Bonchev–Trinajstić information content (AvgIpc) is 2.15. The van der Waals surface area contributed by atoms with Crippen LogP contribution in [0.1, 0.15) is 34.6 Å². The molecule has 0 unspecified atom stereocenters. The summed E-state index contributed by atoms with van der Waals surface area (Å²) in [6, 6.07) is 0. The smallest absolute Gasteiger partial charge is 0.219 e. The van der Waals surface area contributed by atoms with Crippen LogP contribution in [-0.2, 0) is 9.53 Å². The Bertz CT molecular complexity index is 115. The maximum absolute atomic E-state index is 10.8. The minimum Gasteiger partial charge on any atom is -0.380 e. The predicted molar refractivity (Wildman–Crippen MR) is 55.8 cm³/mol. The van der Waals surface area contributed by atoms with E-state index in [2.05, 4.69) is 0 Å². The van der Waals surface area contributed by atoms with Gasteiger partial charge in [0.15, 0.2) is 0 Å². The molecular weight excluding hydrogens is 166 g/mol. The van der Waals surface area contributed by atoms with Crippen LogP contribution in [0.25, 0.3) is 0 Å². The Morgan fingerprint density at radius 3 is 2.15 bits per heavy atom. The Morgan fingerprint density at radius 2 is 1.85 bits per heavy atom. The molecule has 0 bridgehead atoms. The number of likely N-dealkylation sites (N-methyl/N-ethyl adjacent to an activating group) is 1. The number of carbonyl (C=O) groups excluding carboxylic acids is 1. The third-order valence-corrected chi connectivity index (χ3v) is 1.54. The van der Waals surface area contributed by atoms with Crippen molar-refractivity contribution >= 4 is 5.91 Å². The van der Waals surface area contributed by atoms with Gasteiger partial charge >= 0.3 is 0 Å². The minimum absolute atomic E-state index is 0.118. The summed E-state index contributed by atoms with van der Waals surface area (Å²) in [4.78, 5) is 12.6. The molecule has 0 heterocycles. The van der Waals surface area contributed by atoms with Gasteiger partial charge in [0.25, 0.3) is 0 Å². The van der Waals surface area contributed by atoms with Gasteiger partial charge in [-0.15, -0.1) is 0 Å². The van der Waals surface area contributed by atoms with Crippen molar-refractivity contribution in [2.24, 2.45) is 0 Å². The molecule has 1 amide bonds. The van der Waals surface area contributed by atoms with Crippen molar-refractivity contribution in [3.8, 4) is 0 Å². The second kappa shape index (κ2) is 11.4. The van der Waals surface area contributed by atoms with E-state index in [0.717, 1.165) is 13.2 Å². The summed E-state index contributed by atoms with van der Waals surface area (Å²) in [5, 5.41) is 0. The molecule has 0 aromatic rings. The van der Waals surface area contributed by atoms with E-state index in [1.54, 1.807) is 11.8 Å². The summed E-state index contributed by atoms with van der Waals surface area (Å²) in [5.74, 6) is 0.118. The fraction of sp³-hybridized carbons (Fsp3) is 0.900. The van der Waals surface area contributed by atoms with Crippen LogP contribution in [0.3, 0.4) is 0 Å². The lowest BCUT2D eigenvalue weighted by atomic mass is 10.5. The number of rotatable bonds is 5. The van der Waals surface area contributed by atoms with Gasteiger partial charge in [0, 0.05) is 26.6 Å². The van der Waals surface area contributed by atoms with Crippen molar-refractivity contribution < 1.29 is 9.53 Å². The molecule has 0 N–H and O–H groups in total. The van der Waals surface area contributed by atoms with E-state index in [1.165, 1.54) is 0 Å². The van der Waals surface area contributed by atoms with Crippen LogP contribution >= 0.6 is 0 Å². The molecule has 0 radical (unpaired) electrons. The van der Waals surface area contributed by atoms with E-state index in [0.29, 0.717) is 13.2 Å². The van der Waals surface area contributed by atoms with Gasteiger partial charge in [-0.05, 0) is 13.8 Å². The largest absolute Gasteiger partial charge is 0.380 e. The Kier molecular flexibility index (Phi) is 13.1. The lowest BCUT2D eigenvalue weighted by molar-refractivity contribution is -0.129. The van der Waals surface area contributed by atoms with Gasteiger partial charge < -0.3 is 9.64 Å². The highest BCUT2D eigenvalue weighted by Gasteiger charge is 2.03. The van der Waals surface area contributed by atoms with Gasteiger partial charge in [-0.25, -0.2) is 0 Å². The lowest BCUT2D eigenvalue weighted by Crippen LogP contribution is -2.31. The number of hydrogen-bond acceptors (Lipinski definition) is 2. The molecule has 0 saturated carbocycles. The monoisotopic (exact) mass is 189 g/mol. The fourth-order valence-corrected chi connectivity index (χ4v) is 0.857. The summed E-state index contributed by atoms with van der Waals surface area (Å²) in [6.45, 7) is 12.3. The zero-order chi connectivity index (χ0) is 10.7. The zero-order valence-electron chi connectivity index (χ0n) is 9.59. The highest BCUT2D eigenvalue weighted by Crippen LogP contribution is 1.88. The zero-order valence-corrected chi connectivity index (χ0v) is 9.59. The number of ether oxygens (including phenoxy) is 1. The molecule has 0 saturated heterocycles. The number of nitrogens with zero attached hydrogens (tertiary/aromatic N) is 1. The maximum Gasteiger partial charge on any atom is 0.219 e. The maximum atomic E-state index is 10.8. The molecule has 0 aromatic heterocycles. The van der Waals surface area contributed by atoms with Crippen molar-refractivity contribution in [1.29, 1.82) is 0 Å². The molecule has 13 heavy (non-hydrogen) atoms. The van der Waals surface area contributed by atoms with Crippen LogP contribution in [0.4, 0.5) is 0 Å². The molecule has 0 aliphatic heterocycles. The number of carbonyl (C=O) groups is 1. The van der Waals surface area contributed by atoms with Crippen molar-refractivity contribution in [2.45, 2.75) is 34.6 Å². The van der Waals surface area contributed by atoms with E-state index in [4.69, 9.17) is 4.74 Å². The van der Waals surface area contributed by atoms with Crippen molar-refractivity contribution in [3.63, 3.8) is 0 Å². The molecular formula is C10H23NO2. The van der Waals surface area contributed by atoms with E-state index in [-0.39, 0.29) is 5.91 Å². The average molecular weight is 189 g/mol. The molecule has 0 spiro atoms. The molecule has 0 aliphatic carbocycles. The third kappa shape index (κ3) is 9.34. The summed E-state index contributed by atoms with van der Waals surface area (Å²) >= 11 is 0. The van der Waals surface area contributed by atoms with Crippen molar-refractivity contribution in [3.05, 3.63) is 0 Å². The standard InChI is InChI=1S/C8H17NO2.C2H6/c1-4-9(8(3)10)6-7-11-5-2;1-2/h4-7H2,1-3H3;1-2H3. The van der Waals surface area contributed by atoms with Crippen molar-refractivity contribution in [2.75, 3.05) is 26.3 Å². The van der Waals surface area contributed by atoms with Gasteiger partial charge in [0.2, 0.25) is 5.91 Å². The van der Waals surface area contributed by atoms with Gasteiger partial charge in [0.1, 0.15) is 0 Å². The summed E-state index contributed by atoms with van der Waals surface area (Å²) in [7, 11) is 0. The fourth-order valence-electron chi connectivity index (χ4n) is 0.857. The van der Waals surface area contributed by atoms with Crippen molar-refractivity contribution in [1.82, 2.24) is 4.90 Å². The lowest BCUT2D eigenvalue weighted by Gasteiger charge is -2.18. The normalized spacial score (nSPS) is 8.69. The first-order valence-electron chi connectivity index (χ1n) is 5.05. The molecule has 0 aliphatic rings. The minimum atomic E-state index is 0.118. The van der Waals surface area contributed by atoms with E-state index >= 15 is 0 Å². The molecule has 0 atom stereocenters. The molecule has 3 nitrogen and oxygen atoms in total. The van der Waals surface area contributed by atoms with Crippen LogP contribution in [0.2, 0.25) is 0 Å². The van der Waals surface area contributed by atoms with Gasteiger partial charge in [-0.2, -0.15) is 0 Å².